The van der Waals surface area contributed by atoms with Gasteiger partial charge in [-0.25, -0.2) is 0 Å². The summed E-state index contributed by atoms with van der Waals surface area (Å²) < 4.78 is 39.9. The van der Waals surface area contributed by atoms with E-state index in [9.17, 15) is 13.2 Å². The zero-order chi connectivity index (χ0) is 13.2. The van der Waals surface area contributed by atoms with Gasteiger partial charge in [0, 0.05) is 17.3 Å². The van der Waals surface area contributed by atoms with E-state index >= 15 is 0 Å². The van der Waals surface area contributed by atoms with Crippen molar-refractivity contribution in [3.63, 3.8) is 0 Å². The van der Waals surface area contributed by atoms with Crippen LogP contribution in [-0.2, 0) is 0 Å². The third-order valence-corrected chi connectivity index (χ3v) is 2.34. The van der Waals surface area contributed by atoms with Crippen LogP contribution >= 0.6 is 0 Å². The highest BCUT2D eigenvalue weighted by atomic mass is 19.4. The maximum atomic E-state index is 12.0. The van der Waals surface area contributed by atoms with Crippen molar-refractivity contribution in [2.45, 2.75) is 6.36 Å². The molecule has 0 spiro atoms. The van der Waals surface area contributed by atoms with E-state index in [0.29, 0.717) is 5.56 Å². The molecule has 0 radical (unpaired) electrons. The van der Waals surface area contributed by atoms with Crippen LogP contribution in [0.4, 0.5) is 18.9 Å². The van der Waals surface area contributed by atoms with Gasteiger partial charge in [0.15, 0.2) is 0 Å². The summed E-state index contributed by atoms with van der Waals surface area (Å²) in [5.74, 6) is -0.320. The molecule has 0 aromatic heterocycles. The minimum atomic E-state index is -4.71. The highest BCUT2D eigenvalue weighted by Crippen LogP contribution is 2.31. The Kier molecular flexibility index (Phi) is 3.14. The Morgan fingerprint density at radius 2 is 1.61 bits per heavy atom. The van der Waals surface area contributed by atoms with Crippen LogP contribution in [0.1, 0.15) is 0 Å². The molecule has 0 fully saturated rings. The van der Waals surface area contributed by atoms with Gasteiger partial charge >= 0.3 is 6.36 Å². The first kappa shape index (κ1) is 12.3. The van der Waals surface area contributed by atoms with Gasteiger partial charge in [0.2, 0.25) is 0 Å². The third-order valence-electron chi connectivity index (χ3n) is 2.34. The summed E-state index contributed by atoms with van der Waals surface area (Å²) in [6.45, 7) is 0. The van der Waals surface area contributed by atoms with E-state index in [-0.39, 0.29) is 11.4 Å². The van der Waals surface area contributed by atoms with Crippen molar-refractivity contribution >= 4 is 5.69 Å². The number of rotatable bonds is 2. The Hall–Kier alpha value is -2.17. The molecule has 0 bridgehead atoms. The Morgan fingerprint density at radius 3 is 2.17 bits per heavy atom. The molecule has 94 valence electrons. The molecule has 2 aromatic rings. The minimum absolute atomic E-state index is 0.239. The first-order valence-corrected chi connectivity index (χ1v) is 5.16. The van der Waals surface area contributed by atoms with E-state index in [0.717, 1.165) is 11.6 Å². The van der Waals surface area contributed by atoms with Gasteiger partial charge in [0.25, 0.3) is 0 Å². The van der Waals surface area contributed by atoms with Gasteiger partial charge in [-0.3, -0.25) is 0 Å². The SMILES string of the molecule is Nc1cc(OC(F)(F)F)ccc1-c1ccccc1. The Balaban J connectivity index is 2.32. The van der Waals surface area contributed by atoms with Crippen molar-refractivity contribution in [1.82, 2.24) is 0 Å². The molecule has 0 atom stereocenters. The lowest BCUT2D eigenvalue weighted by atomic mass is 10.0. The molecule has 5 heteroatoms. The molecular formula is C13H10F3NO. The first-order chi connectivity index (χ1) is 8.46. The zero-order valence-electron chi connectivity index (χ0n) is 9.24. The number of benzene rings is 2. The lowest BCUT2D eigenvalue weighted by molar-refractivity contribution is -0.274. The molecular weight excluding hydrogens is 243 g/mol. The maximum Gasteiger partial charge on any atom is 0.573 e. The molecule has 0 heterocycles. The normalized spacial score (nSPS) is 11.3. The quantitative estimate of drug-likeness (QED) is 0.825. The van der Waals surface area contributed by atoms with Gasteiger partial charge in [-0.2, -0.15) is 0 Å². The van der Waals surface area contributed by atoms with Crippen LogP contribution in [-0.4, -0.2) is 6.36 Å². The van der Waals surface area contributed by atoms with Gasteiger partial charge in [0.05, 0.1) is 0 Å². The van der Waals surface area contributed by atoms with E-state index in [4.69, 9.17) is 5.73 Å². The number of ether oxygens (including phenoxy) is 1. The predicted octanol–water partition coefficient (Wildman–Crippen LogP) is 3.83. The van der Waals surface area contributed by atoms with Crippen molar-refractivity contribution in [3.8, 4) is 16.9 Å². The van der Waals surface area contributed by atoms with Gasteiger partial charge in [-0.05, 0) is 17.7 Å². The van der Waals surface area contributed by atoms with Crippen molar-refractivity contribution < 1.29 is 17.9 Å². The summed E-state index contributed by atoms with van der Waals surface area (Å²) in [7, 11) is 0. The number of nitrogens with two attached hydrogens (primary N) is 1. The lowest BCUT2D eigenvalue weighted by Crippen LogP contribution is -2.17. The van der Waals surface area contributed by atoms with E-state index < -0.39 is 6.36 Å². The summed E-state index contributed by atoms with van der Waals surface area (Å²) in [5.41, 5.74) is 7.48. The van der Waals surface area contributed by atoms with Crippen LogP contribution in [0.2, 0.25) is 0 Å². The summed E-state index contributed by atoms with van der Waals surface area (Å²) >= 11 is 0. The Morgan fingerprint density at radius 1 is 0.944 bits per heavy atom. The van der Waals surface area contributed by atoms with E-state index in [1.165, 1.54) is 12.1 Å². The van der Waals surface area contributed by atoms with E-state index in [1.807, 2.05) is 30.3 Å². The average Bonchev–Trinajstić information content (AvgIpc) is 2.28. The number of hydrogen-bond acceptors (Lipinski definition) is 2. The fourth-order valence-corrected chi connectivity index (χ4v) is 1.62. The molecule has 2 rings (SSSR count). The van der Waals surface area contributed by atoms with Crippen LogP contribution in [0.25, 0.3) is 11.1 Å². The number of nitrogen functional groups attached to an aromatic ring is 1. The lowest BCUT2D eigenvalue weighted by Gasteiger charge is -2.11. The number of alkyl halides is 3. The van der Waals surface area contributed by atoms with Gasteiger partial charge in [0.1, 0.15) is 5.75 Å². The molecule has 0 aliphatic heterocycles. The van der Waals surface area contributed by atoms with Crippen LogP contribution in [0, 0.1) is 0 Å². The van der Waals surface area contributed by atoms with Crippen molar-refractivity contribution in [2.24, 2.45) is 0 Å². The first-order valence-electron chi connectivity index (χ1n) is 5.16. The summed E-state index contributed by atoms with van der Waals surface area (Å²) in [4.78, 5) is 0. The van der Waals surface area contributed by atoms with Gasteiger partial charge in [-0.1, -0.05) is 30.3 Å². The van der Waals surface area contributed by atoms with E-state index in [1.54, 1.807) is 0 Å². The smallest absolute Gasteiger partial charge is 0.406 e. The second-order valence-corrected chi connectivity index (χ2v) is 3.66. The highest BCUT2D eigenvalue weighted by Gasteiger charge is 2.31. The molecule has 18 heavy (non-hydrogen) atoms. The predicted molar refractivity (Wildman–Crippen MR) is 63.0 cm³/mol. The number of anilines is 1. The number of halogens is 3. The largest absolute Gasteiger partial charge is 0.573 e. The molecule has 0 saturated carbocycles. The van der Waals surface area contributed by atoms with Crippen molar-refractivity contribution in [1.29, 1.82) is 0 Å². The molecule has 0 unspecified atom stereocenters. The van der Waals surface area contributed by atoms with Crippen molar-refractivity contribution in [3.05, 3.63) is 48.5 Å². The van der Waals surface area contributed by atoms with Crippen LogP contribution in [0.15, 0.2) is 48.5 Å². The summed E-state index contributed by atoms with van der Waals surface area (Å²) in [6.07, 6.45) is -4.71. The maximum absolute atomic E-state index is 12.0. The second-order valence-electron chi connectivity index (χ2n) is 3.66. The second kappa shape index (κ2) is 4.60. The molecule has 2 nitrogen and oxygen atoms in total. The van der Waals surface area contributed by atoms with Gasteiger partial charge in [-0.15, -0.1) is 13.2 Å². The van der Waals surface area contributed by atoms with E-state index in [2.05, 4.69) is 4.74 Å². The minimum Gasteiger partial charge on any atom is -0.406 e. The zero-order valence-corrected chi connectivity index (χ0v) is 9.24. The monoisotopic (exact) mass is 253 g/mol. The molecule has 0 amide bonds. The molecule has 0 aliphatic carbocycles. The van der Waals surface area contributed by atoms with Crippen LogP contribution in [0.3, 0.4) is 0 Å². The Bertz CT molecular complexity index is 538. The molecule has 0 saturated heterocycles. The molecule has 2 N–H and O–H groups in total. The highest BCUT2D eigenvalue weighted by molar-refractivity contribution is 5.77. The molecule has 2 aromatic carbocycles. The molecule has 0 aliphatic rings. The standard InChI is InChI=1S/C13H10F3NO/c14-13(15,16)18-10-6-7-11(12(17)8-10)9-4-2-1-3-5-9/h1-8H,17H2. The Labute approximate surface area is 102 Å². The van der Waals surface area contributed by atoms with Crippen molar-refractivity contribution in [2.75, 3.05) is 5.73 Å². The third kappa shape index (κ3) is 2.94. The topological polar surface area (TPSA) is 35.2 Å². The summed E-state index contributed by atoms with van der Waals surface area (Å²) in [5, 5.41) is 0. The number of hydrogen-bond donors (Lipinski definition) is 1. The fourth-order valence-electron chi connectivity index (χ4n) is 1.62. The van der Waals surface area contributed by atoms with Gasteiger partial charge < -0.3 is 10.5 Å². The van der Waals surface area contributed by atoms with Crippen LogP contribution in [0.5, 0.6) is 5.75 Å². The average molecular weight is 253 g/mol. The summed E-state index contributed by atoms with van der Waals surface area (Å²) in [6, 6.07) is 13.1. The van der Waals surface area contributed by atoms with Crippen LogP contribution < -0.4 is 10.5 Å². The fraction of sp³-hybridized carbons (Fsp3) is 0.0769.